The SMILES string of the molecule is COCCN1CCO[C@H](c2ccc3cc(OC)ccc3c2)C1. The fourth-order valence-corrected chi connectivity index (χ4v) is 2.90. The van der Waals surface area contributed by atoms with Crippen molar-refractivity contribution in [1.82, 2.24) is 4.90 Å². The summed E-state index contributed by atoms with van der Waals surface area (Å²) in [6.07, 6.45) is 0.136. The molecular formula is C18H23NO3. The van der Waals surface area contributed by atoms with E-state index in [-0.39, 0.29) is 6.10 Å². The van der Waals surface area contributed by atoms with Crippen molar-refractivity contribution in [2.24, 2.45) is 0 Å². The monoisotopic (exact) mass is 301 g/mol. The van der Waals surface area contributed by atoms with Crippen molar-refractivity contribution in [2.75, 3.05) is 47.1 Å². The maximum atomic E-state index is 5.96. The van der Waals surface area contributed by atoms with Crippen LogP contribution in [0.25, 0.3) is 10.8 Å². The summed E-state index contributed by atoms with van der Waals surface area (Å²) in [6.45, 7) is 4.40. The zero-order chi connectivity index (χ0) is 15.4. The summed E-state index contributed by atoms with van der Waals surface area (Å²) >= 11 is 0. The van der Waals surface area contributed by atoms with Gasteiger partial charge in [0, 0.05) is 26.7 Å². The van der Waals surface area contributed by atoms with E-state index in [9.17, 15) is 0 Å². The molecule has 1 heterocycles. The molecule has 0 saturated carbocycles. The molecular weight excluding hydrogens is 278 g/mol. The molecule has 0 spiro atoms. The summed E-state index contributed by atoms with van der Waals surface area (Å²) in [6, 6.07) is 12.7. The fraction of sp³-hybridized carbons (Fsp3) is 0.444. The Hall–Kier alpha value is -1.62. The van der Waals surface area contributed by atoms with Gasteiger partial charge < -0.3 is 14.2 Å². The van der Waals surface area contributed by atoms with Crippen LogP contribution in [0.3, 0.4) is 0 Å². The first-order valence-electron chi connectivity index (χ1n) is 7.71. The number of fused-ring (bicyclic) bond motifs is 1. The van der Waals surface area contributed by atoms with Gasteiger partial charge >= 0.3 is 0 Å². The van der Waals surface area contributed by atoms with Gasteiger partial charge in [0.25, 0.3) is 0 Å². The molecule has 0 aromatic heterocycles. The molecule has 0 amide bonds. The molecule has 0 N–H and O–H groups in total. The molecule has 2 aromatic carbocycles. The Morgan fingerprint density at radius 1 is 1.14 bits per heavy atom. The lowest BCUT2D eigenvalue weighted by Gasteiger charge is -2.33. The zero-order valence-corrected chi connectivity index (χ0v) is 13.2. The Kier molecular flexibility index (Phi) is 4.93. The molecule has 118 valence electrons. The second-order valence-electron chi connectivity index (χ2n) is 5.63. The third-order valence-electron chi connectivity index (χ3n) is 4.21. The average molecular weight is 301 g/mol. The van der Waals surface area contributed by atoms with Gasteiger partial charge in [-0.05, 0) is 34.5 Å². The molecule has 1 aliphatic rings. The van der Waals surface area contributed by atoms with Gasteiger partial charge in [0.05, 0.1) is 26.4 Å². The van der Waals surface area contributed by atoms with Crippen molar-refractivity contribution in [1.29, 1.82) is 0 Å². The first kappa shape index (κ1) is 15.3. The molecule has 4 nitrogen and oxygen atoms in total. The first-order chi connectivity index (χ1) is 10.8. The van der Waals surface area contributed by atoms with Gasteiger partial charge in [-0.25, -0.2) is 0 Å². The zero-order valence-electron chi connectivity index (χ0n) is 13.2. The van der Waals surface area contributed by atoms with Gasteiger partial charge in [0.1, 0.15) is 5.75 Å². The smallest absolute Gasteiger partial charge is 0.119 e. The summed E-state index contributed by atoms with van der Waals surface area (Å²) in [5, 5.41) is 2.41. The van der Waals surface area contributed by atoms with Crippen molar-refractivity contribution < 1.29 is 14.2 Å². The van der Waals surface area contributed by atoms with Crippen LogP contribution in [0.1, 0.15) is 11.7 Å². The van der Waals surface area contributed by atoms with Gasteiger partial charge in [-0.1, -0.05) is 18.2 Å². The van der Waals surface area contributed by atoms with E-state index in [1.54, 1.807) is 14.2 Å². The summed E-state index contributed by atoms with van der Waals surface area (Å²) in [5.41, 5.74) is 1.24. The highest BCUT2D eigenvalue weighted by atomic mass is 16.5. The second-order valence-corrected chi connectivity index (χ2v) is 5.63. The van der Waals surface area contributed by atoms with E-state index in [0.29, 0.717) is 0 Å². The Bertz CT molecular complexity index is 629. The minimum atomic E-state index is 0.136. The third-order valence-corrected chi connectivity index (χ3v) is 4.21. The van der Waals surface area contributed by atoms with Crippen LogP contribution in [0.4, 0.5) is 0 Å². The molecule has 1 fully saturated rings. The standard InChI is InChI=1S/C18H23NO3/c1-20-9-7-19-8-10-22-18(13-19)16-4-3-15-12-17(21-2)6-5-14(15)11-16/h3-6,11-12,18H,7-10,13H2,1-2H3/t18-/m0/s1. The Morgan fingerprint density at radius 3 is 2.77 bits per heavy atom. The van der Waals surface area contributed by atoms with E-state index in [4.69, 9.17) is 14.2 Å². The van der Waals surface area contributed by atoms with Crippen LogP contribution in [0.2, 0.25) is 0 Å². The van der Waals surface area contributed by atoms with E-state index in [1.807, 2.05) is 6.07 Å². The number of nitrogens with zero attached hydrogens (tertiary/aromatic N) is 1. The number of rotatable bonds is 5. The molecule has 22 heavy (non-hydrogen) atoms. The van der Waals surface area contributed by atoms with Crippen LogP contribution >= 0.6 is 0 Å². The molecule has 0 aliphatic carbocycles. The van der Waals surface area contributed by atoms with Crippen LogP contribution in [0, 0.1) is 0 Å². The Morgan fingerprint density at radius 2 is 1.95 bits per heavy atom. The molecule has 0 radical (unpaired) electrons. The molecule has 4 heteroatoms. The van der Waals surface area contributed by atoms with Gasteiger partial charge in [-0.2, -0.15) is 0 Å². The molecule has 3 rings (SSSR count). The van der Waals surface area contributed by atoms with Gasteiger partial charge in [-0.15, -0.1) is 0 Å². The largest absolute Gasteiger partial charge is 0.497 e. The summed E-state index contributed by atoms with van der Waals surface area (Å²) in [5.74, 6) is 0.889. The minimum Gasteiger partial charge on any atom is -0.497 e. The fourth-order valence-electron chi connectivity index (χ4n) is 2.90. The number of ether oxygens (including phenoxy) is 3. The highest BCUT2D eigenvalue weighted by Crippen LogP contribution is 2.27. The van der Waals surface area contributed by atoms with Crippen LogP contribution in [0.15, 0.2) is 36.4 Å². The maximum Gasteiger partial charge on any atom is 0.119 e. The number of benzene rings is 2. The molecule has 0 unspecified atom stereocenters. The summed E-state index contributed by atoms with van der Waals surface area (Å²) in [4.78, 5) is 2.40. The lowest BCUT2D eigenvalue weighted by Crippen LogP contribution is -2.40. The van der Waals surface area contributed by atoms with Gasteiger partial charge in [0.2, 0.25) is 0 Å². The lowest BCUT2D eigenvalue weighted by atomic mass is 10.0. The van der Waals surface area contributed by atoms with E-state index in [0.717, 1.165) is 38.6 Å². The van der Waals surface area contributed by atoms with E-state index in [2.05, 4.69) is 35.2 Å². The lowest BCUT2D eigenvalue weighted by molar-refractivity contribution is -0.0355. The maximum absolute atomic E-state index is 5.96. The normalized spacial score (nSPS) is 19.5. The Balaban J connectivity index is 1.77. The highest BCUT2D eigenvalue weighted by molar-refractivity contribution is 5.84. The first-order valence-corrected chi connectivity index (χ1v) is 7.71. The van der Waals surface area contributed by atoms with Crippen molar-refractivity contribution in [3.8, 4) is 5.75 Å². The van der Waals surface area contributed by atoms with Crippen LogP contribution in [-0.2, 0) is 9.47 Å². The summed E-state index contributed by atoms with van der Waals surface area (Å²) < 4.78 is 16.4. The molecule has 0 bridgehead atoms. The molecule has 2 aromatic rings. The number of hydrogen-bond donors (Lipinski definition) is 0. The van der Waals surface area contributed by atoms with Crippen molar-refractivity contribution >= 4 is 10.8 Å². The second kappa shape index (κ2) is 7.09. The van der Waals surface area contributed by atoms with Crippen molar-refractivity contribution in [3.63, 3.8) is 0 Å². The van der Waals surface area contributed by atoms with Crippen molar-refractivity contribution in [2.45, 2.75) is 6.10 Å². The number of methoxy groups -OCH3 is 2. The third kappa shape index (κ3) is 3.40. The van der Waals surface area contributed by atoms with E-state index < -0.39 is 0 Å². The van der Waals surface area contributed by atoms with Gasteiger partial charge in [0.15, 0.2) is 0 Å². The minimum absolute atomic E-state index is 0.136. The predicted molar refractivity (Wildman–Crippen MR) is 87.5 cm³/mol. The molecule has 1 aliphatic heterocycles. The quantitative estimate of drug-likeness (QED) is 0.850. The predicted octanol–water partition coefficient (Wildman–Crippen LogP) is 2.87. The highest BCUT2D eigenvalue weighted by Gasteiger charge is 2.21. The van der Waals surface area contributed by atoms with E-state index in [1.165, 1.54) is 16.3 Å². The molecule has 1 saturated heterocycles. The van der Waals surface area contributed by atoms with Crippen LogP contribution in [-0.4, -0.2) is 52.0 Å². The van der Waals surface area contributed by atoms with Gasteiger partial charge in [-0.3, -0.25) is 4.90 Å². The van der Waals surface area contributed by atoms with E-state index >= 15 is 0 Å². The topological polar surface area (TPSA) is 30.9 Å². The number of hydrogen-bond acceptors (Lipinski definition) is 4. The average Bonchev–Trinajstić information content (AvgIpc) is 2.59. The number of morpholine rings is 1. The Labute approximate surface area is 131 Å². The molecule has 1 atom stereocenters. The van der Waals surface area contributed by atoms with Crippen LogP contribution in [0.5, 0.6) is 5.75 Å². The van der Waals surface area contributed by atoms with Crippen molar-refractivity contribution in [3.05, 3.63) is 42.0 Å². The van der Waals surface area contributed by atoms with Crippen LogP contribution < -0.4 is 4.74 Å². The summed E-state index contributed by atoms with van der Waals surface area (Å²) in [7, 11) is 3.44.